The first-order chi connectivity index (χ1) is 6.97. The largest absolute Gasteiger partial charge is 0.393 e. The van der Waals surface area contributed by atoms with Gasteiger partial charge in [0.05, 0.1) is 19.4 Å². The molecule has 0 atom stereocenters. The summed E-state index contributed by atoms with van der Waals surface area (Å²) >= 11 is 0. The van der Waals surface area contributed by atoms with E-state index in [1.165, 1.54) is 0 Å². The molecule has 1 rings (SSSR count). The second kappa shape index (κ2) is 5.83. The topological polar surface area (TPSA) is 41.5 Å². The Morgan fingerprint density at radius 2 is 1.80 bits per heavy atom. The quantitative estimate of drug-likeness (QED) is 0.556. The Labute approximate surface area is 93.2 Å². The lowest BCUT2D eigenvalue weighted by Crippen LogP contribution is -2.36. The molecule has 3 nitrogen and oxygen atoms in total. The van der Waals surface area contributed by atoms with E-state index in [4.69, 9.17) is 4.74 Å². The van der Waals surface area contributed by atoms with E-state index < -0.39 is 0 Å². The fraction of sp³-hybridized carbons (Fsp3) is 1.00. The van der Waals surface area contributed by atoms with E-state index in [0.717, 1.165) is 32.3 Å². The van der Waals surface area contributed by atoms with E-state index in [-0.39, 0.29) is 11.5 Å². The van der Waals surface area contributed by atoms with Crippen LogP contribution in [0.1, 0.15) is 46.5 Å². The lowest BCUT2D eigenvalue weighted by atomic mass is 9.93. The third-order valence-electron chi connectivity index (χ3n) is 2.71. The molecule has 0 aromatic rings. The Kier molecular flexibility index (Phi) is 5.03. The summed E-state index contributed by atoms with van der Waals surface area (Å²) in [5.41, 5.74) is 0.241. The number of nitrogens with one attached hydrogen (secondary N) is 1. The number of ether oxygens (including phenoxy) is 1. The third-order valence-corrected chi connectivity index (χ3v) is 2.71. The number of hydrogen-bond donors (Lipinski definition) is 2. The molecule has 0 aromatic carbocycles. The molecular formula is C12H25NO2. The van der Waals surface area contributed by atoms with Gasteiger partial charge in [-0.2, -0.15) is 0 Å². The van der Waals surface area contributed by atoms with Crippen molar-refractivity contribution in [3.05, 3.63) is 0 Å². The van der Waals surface area contributed by atoms with Gasteiger partial charge in [0.25, 0.3) is 0 Å². The van der Waals surface area contributed by atoms with Crippen molar-refractivity contribution in [3.8, 4) is 0 Å². The second-order valence-electron chi connectivity index (χ2n) is 5.76. The van der Waals surface area contributed by atoms with Gasteiger partial charge in [0.15, 0.2) is 0 Å². The fourth-order valence-corrected chi connectivity index (χ4v) is 1.81. The maximum Gasteiger partial charge on any atom is 0.0967 e. The Hall–Kier alpha value is -0.120. The molecule has 0 heterocycles. The first kappa shape index (κ1) is 12.9. The van der Waals surface area contributed by atoms with Gasteiger partial charge in [-0.3, -0.25) is 5.32 Å². The van der Waals surface area contributed by atoms with Gasteiger partial charge in [-0.25, -0.2) is 0 Å². The van der Waals surface area contributed by atoms with Gasteiger partial charge in [0.2, 0.25) is 0 Å². The molecule has 0 aromatic heterocycles. The molecule has 0 unspecified atom stereocenters. The van der Waals surface area contributed by atoms with Gasteiger partial charge in [-0.1, -0.05) is 20.8 Å². The highest BCUT2D eigenvalue weighted by atomic mass is 16.5. The first-order valence-corrected chi connectivity index (χ1v) is 5.96. The van der Waals surface area contributed by atoms with Gasteiger partial charge < -0.3 is 9.84 Å². The van der Waals surface area contributed by atoms with E-state index in [9.17, 15) is 5.11 Å². The normalized spacial score (nSPS) is 28.0. The summed E-state index contributed by atoms with van der Waals surface area (Å²) in [7, 11) is 0. The summed E-state index contributed by atoms with van der Waals surface area (Å²) < 4.78 is 5.55. The minimum Gasteiger partial charge on any atom is -0.393 e. The van der Waals surface area contributed by atoms with Crippen molar-refractivity contribution < 1.29 is 9.84 Å². The Morgan fingerprint density at radius 3 is 2.33 bits per heavy atom. The zero-order chi connectivity index (χ0) is 11.3. The zero-order valence-electron chi connectivity index (χ0n) is 10.3. The van der Waals surface area contributed by atoms with E-state index in [1.54, 1.807) is 0 Å². The Balaban J connectivity index is 2.01. The van der Waals surface area contributed by atoms with Crippen LogP contribution in [-0.4, -0.2) is 30.6 Å². The van der Waals surface area contributed by atoms with E-state index in [2.05, 4.69) is 26.1 Å². The molecule has 1 saturated carbocycles. The third kappa shape index (κ3) is 6.13. The molecule has 0 bridgehead atoms. The summed E-state index contributed by atoms with van der Waals surface area (Å²) in [6, 6.07) is 0.536. The van der Waals surface area contributed by atoms with Crippen LogP contribution in [0.25, 0.3) is 0 Å². The maximum absolute atomic E-state index is 9.35. The van der Waals surface area contributed by atoms with Crippen LogP contribution in [-0.2, 0) is 4.74 Å². The lowest BCUT2D eigenvalue weighted by molar-refractivity contribution is 0.0442. The number of aliphatic hydroxyl groups excluding tert-OH is 1. The molecule has 90 valence electrons. The predicted molar refractivity (Wildman–Crippen MR) is 61.7 cm³/mol. The van der Waals surface area contributed by atoms with Crippen LogP contribution in [0.5, 0.6) is 0 Å². The summed E-state index contributed by atoms with van der Waals surface area (Å²) in [4.78, 5) is 0. The van der Waals surface area contributed by atoms with Crippen LogP contribution in [0, 0.1) is 5.41 Å². The van der Waals surface area contributed by atoms with E-state index in [1.807, 2.05) is 0 Å². The van der Waals surface area contributed by atoms with E-state index in [0.29, 0.717) is 12.8 Å². The predicted octanol–water partition coefficient (Wildman–Crippen LogP) is 1.90. The fourth-order valence-electron chi connectivity index (χ4n) is 1.81. The highest BCUT2D eigenvalue weighted by molar-refractivity contribution is 4.75. The van der Waals surface area contributed by atoms with Crippen molar-refractivity contribution in [1.82, 2.24) is 5.32 Å². The molecule has 0 aliphatic heterocycles. The van der Waals surface area contributed by atoms with Crippen molar-refractivity contribution in [3.63, 3.8) is 0 Å². The van der Waals surface area contributed by atoms with Crippen molar-refractivity contribution >= 4 is 0 Å². The minimum atomic E-state index is -0.0708. The molecule has 15 heavy (non-hydrogen) atoms. The molecule has 0 radical (unpaired) electrons. The van der Waals surface area contributed by atoms with Gasteiger partial charge in [-0.05, 0) is 31.1 Å². The molecular weight excluding hydrogens is 190 g/mol. The summed E-state index contributed by atoms with van der Waals surface area (Å²) in [6.07, 6.45) is 3.92. The highest BCUT2D eigenvalue weighted by Crippen LogP contribution is 2.18. The van der Waals surface area contributed by atoms with Gasteiger partial charge >= 0.3 is 0 Å². The molecule has 2 N–H and O–H groups in total. The summed E-state index contributed by atoms with van der Waals surface area (Å²) in [5.74, 6) is 0. The van der Waals surface area contributed by atoms with Gasteiger partial charge in [-0.15, -0.1) is 0 Å². The van der Waals surface area contributed by atoms with E-state index >= 15 is 0 Å². The molecule has 3 heteroatoms. The summed E-state index contributed by atoms with van der Waals surface area (Å²) in [5, 5.41) is 12.7. The molecule has 0 amide bonds. The second-order valence-corrected chi connectivity index (χ2v) is 5.76. The molecule has 1 aliphatic carbocycles. The molecule has 1 aliphatic rings. The van der Waals surface area contributed by atoms with Crippen molar-refractivity contribution in [2.75, 3.05) is 13.3 Å². The average molecular weight is 215 g/mol. The van der Waals surface area contributed by atoms with Crippen LogP contribution in [0.2, 0.25) is 0 Å². The summed E-state index contributed by atoms with van der Waals surface area (Å²) in [6.45, 7) is 7.94. The smallest absolute Gasteiger partial charge is 0.0967 e. The molecule has 0 saturated heterocycles. The van der Waals surface area contributed by atoms with Crippen LogP contribution in [0.4, 0.5) is 0 Å². The van der Waals surface area contributed by atoms with Gasteiger partial charge in [0, 0.05) is 6.04 Å². The standard InChI is InChI=1S/C12H25NO2/c1-12(2,3)8-15-9-13-10-4-6-11(14)7-5-10/h10-11,13-14H,4-9H2,1-3H3/t10-,11-. The highest BCUT2D eigenvalue weighted by Gasteiger charge is 2.18. The molecule has 1 fully saturated rings. The van der Waals surface area contributed by atoms with Crippen LogP contribution < -0.4 is 5.32 Å². The number of aliphatic hydroxyl groups is 1. The van der Waals surface area contributed by atoms with Crippen molar-refractivity contribution in [2.24, 2.45) is 5.41 Å². The first-order valence-electron chi connectivity index (χ1n) is 5.96. The Morgan fingerprint density at radius 1 is 1.20 bits per heavy atom. The van der Waals surface area contributed by atoms with Crippen molar-refractivity contribution in [1.29, 1.82) is 0 Å². The van der Waals surface area contributed by atoms with Crippen LogP contribution in [0.3, 0.4) is 0 Å². The van der Waals surface area contributed by atoms with Crippen molar-refractivity contribution in [2.45, 2.75) is 58.6 Å². The Bertz CT molecular complexity index is 169. The van der Waals surface area contributed by atoms with Crippen LogP contribution in [0.15, 0.2) is 0 Å². The van der Waals surface area contributed by atoms with Gasteiger partial charge in [0.1, 0.15) is 0 Å². The zero-order valence-corrected chi connectivity index (χ0v) is 10.3. The monoisotopic (exact) mass is 215 g/mol. The minimum absolute atomic E-state index is 0.0708. The van der Waals surface area contributed by atoms with Crippen LogP contribution >= 0.6 is 0 Å². The maximum atomic E-state index is 9.35. The number of rotatable bonds is 4. The SMILES string of the molecule is CC(C)(C)COCN[C@H]1CC[C@H](O)CC1. The average Bonchev–Trinajstić information content (AvgIpc) is 2.14. The number of hydrogen-bond acceptors (Lipinski definition) is 3. The lowest BCUT2D eigenvalue weighted by Gasteiger charge is -2.27. The molecule has 0 spiro atoms.